The Morgan fingerprint density at radius 2 is 2.25 bits per heavy atom. The number of amides is 1. The minimum Gasteiger partial charge on any atom is -0.377 e. The molecule has 0 fully saturated rings. The summed E-state index contributed by atoms with van der Waals surface area (Å²) in [6.45, 7) is 2.31. The van der Waals surface area contributed by atoms with Crippen LogP contribution in [0.25, 0.3) is 0 Å². The fourth-order valence-corrected chi connectivity index (χ4v) is 1.68. The van der Waals surface area contributed by atoms with Gasteiger partial charge in [-0.15, -0.1) is 0 Å². The molecule has 1 unspecified atom stereocenters. The molecule has 1 atom stereocenters. The van der Waals surface area contributed by atoms with E-state index < -0.39 is 4.92 Å². The predicted molar refractivity (Wildman–Crippen MR) is 58.5 cm³/mol. The summed E-state index contributed by atoms with van der Waals surface area (Å²) in [6, 6.07) is 4.41. The molecule has 1 heterocycles. The first-order chi connectivity index (χ1) is 7.59. The molecule has 84 valence electrons. The zero-order valence-electron chi connectivity index (χ0n) is 8.69. The van der Waals surface area contributed by atoms with Crippen LogP contribution in [0.3, 0.4) is 0 Å². The van der Waals surface area contributed by atoms with E-state index in [9.17, 15) is 14.9 Å². The number of rotatable bonds is 1. The van der Waals surface area contributed by atoms with Crippen LogP contribution in [0.5, 0.6) is 0 Å². The number of nitrogens with one attached hydrogen (secondary N) is 2. The minimum atomic E-state index is -0.491. The number of nitrogens with zero attached hydrogens (tertiary/aromatic N) is 1. The molecule has 0 saturated heterocycles. The zero-order valence-corrected chi connectivity index (χ0v) is 8.69. The first-order valence-electron chi connectivity index (χ1n) is 4.91. The van der Waals surface area contributed by atoms with E-state index in [1.54, 1.807) is 6.07 Å². The van der Waals surface area contributed by atoms with Gasteiger partial charge < -0.3 is 10.6 Å². The van der Waals surface area contributed by atoms with Crippen molar-refractivity contribution in [3.8, 4) is 0 Å². The van der Waals surface area contributed by atoms with Gasteiger partial charge in [0.15, 0.2) is 0 Å². The van der Waals surface area contributed by atoms with E-state index in [0.29, 0.717) is 17.8 Å². The summed E-state index contributed by atoms with van der Waals surface area (Å²) in [7, 11) is 0. The number of hydrogen-bond acceptors (Lipinski definition) is 4. The van der Waals surface area contributed by atoms with Crippen LogP contribution in [-0.2, 0) is 0 Å². The number of nitro benzene ring substituents is 1. The van der Waals surface area contributed by atoms with Gasteiger partial charge in [0.25, 0.3) is 11.6 Å². The van der Waals surface area contributed by atoms with Gasteiger partial charge in [0.1, 0.15) is 5.69 Å². The zero-order chi connectivity index (χ0) is 11.7. The van der Waals surface area contributed by atoms with Gasteiger partial charge in [-0.25, -0.2) is 0 Å². The molecule has 1 aromatic rings. The molecule has 0 spiro atoms. The Morgan fingerprint density at radius 3 is 2.94 bits per heavy atom. The second-order valence-corrected chi connectivity index (χ2v) is 3.71. The largest absolute Gasteiger partial charge is 0.377 e. The fraction of sp³-hybridized carbons (Fsp3) is 0.300. The Bertz CT molecular complexity index is 459. The summed E-state index contributed by atoms with van der Waals surface area (Å²) in [6.07, 6.45) is 0. The van der Waals surface area contributed by atoms with Gasteiger partial charge >= 0.3 is 0 Å². The van der Waals surface area contributed by atoms with Gasteiger partial charge in [0, 0.05) is 18.7 Å². The maximum Gasteiger partial charge on any atom is 0.293 e. The Balaban J connectivity index is 2.54. The van der Waals surface area contributed by atoms with E-state index in [2.05, 4.69) is 10.6 Å². The van der Waals surface area contributed by atoms with E-state index >= 15 is 0 Å². The molecule has 0 aromatic heterocycles. The van der Waals surface area contributed by atoms with Crippen molar-refractivity contribution in [1.29, 1.82) is 0 Å². The summed E-state index contributed by atoms with van der Waals surface area (Å²) in [5.41, 5.74) is 0.551. The summed E-state index contributed by atoms with van der Waals surface area (Å²) in [5, 5.41) is 16.5. The van der Waals surface area contributed by atoms with E-state index in [1.165, 1.54) is 12.1 Å². The Hall–Kier alpha value is -2.11. The monoisotopic (exact) mass is 221 g/mol. The van der Waals surface area contributed by atoms with Gasteiger partial charge in [-0.3, -0.25) is 14.9 Å². The van der Waals surface area contributed by atoms with Crippen molar-refractivity contribution in [2.24, 2.45) is 0 Å². The molecule has 1 amide bonds. The normalized spacial score (nSPS) is 19.1. The van der Waals surface area contributed by atoms with Gasteiger partial charge in [-0.05, 0) is 13.0 Å². The van der Waals surface area contributed by atoms with E-state index in [1.807, 2.05) is 6.92 Å². The third-order valence-corrected chi connectivity index (χ3v) is 2.45. The van der Waals surface area contributed by atoms with Crippen molar-refractivity contribution in [2.45, 2.75) is 13.0 Å². The maximum atomic E-state index is 11.7. The lowest BCUT2D eigenvalue weighted by Gasteiger charge is -2.08. The number of carbonyl (C=O) groups excluding carboxylic acids is 1. The average Bonchev–Trinajstić information content (AvgIpc) is 2.38. The van der Waals surface area contributed by atoms with Gasteiger partial charge in [0.05, 0.1) is 10.5 Å². The van der Waals surface area contributed by atoms with E-state index in [4.69, 9.17) is 0 Å². The maximum absolute atomic E-state index is 11.7. The van der Waals surface area contributed by atoms with Crippen LogP contribution in [0.1, 0.15) is 17.3 Å². The van der Waals surface area contributed by atoms with Crippen molar-refractivity contribution < 1.29 is 9.72 Å². The van der Waals surface area contributed by atoms with Crippen LogP contribution >= 0.6 is 0 Å². The first kappa shape index (κ1) is 10.4. The summed E-state index contributed by atoms with van der Waals surface area (Å²) < 4.78 is 0. The first-order valence-corrected chi connectivity index (χ1v) is 4.91. The molecule has 6 heteroatoms. The molecule has 1 aromatic carbocycles. The molecule has 2 rings (SSSR count). The van der Waals surface area contributed by atoms with Crippen molar-refractivity contribution in [2.75, 3.05) is 11.9 Å². The number of anilines is 1. The lowest BCUT2D eigenvalue weighted by atomic mass is 10.1. The number of benzene rings is 1. The van der Waals surface area contributed by atoms with Crippen molar-refractivity contribution in [1.82, 2.24) is 5.32 Å². The number of nitro groups is 1. The molecule has 16 heavy (non-hydrogen) atoms. The highest BCUT2D eigenvalue weighted by atomic mass is 16.6. The Morgan fingerprint density at radius 1 is 1.50 bits per heavy atom. The molecular formula is C10H11N3O3. The Labute approximate surface area is 91.8 Å². The topological polar surface area (TPSA) is 84.3 Å². The van der Waals surface area contributed by atoms with E-state index in [-0.39, 0.29) is 17.6 Å². The molecule has 0 radical (unpaired) electrons. The summed E-state index contributed by atoms with van der Waals surface area (Å²) in [4.78, 5) is 22.0. The molecule has 1 aliphatic heterocycles. The van der Waals surface area contributed by atoms with Crippen molar-refractivity contribution in [3.63, 3.8) is 0 Å². The van der Waals surface area contributed by atoms with Gasteiger partial charge in [-0.1, -0.05) is 6.07 Å². The summed E-state index contributed by atoms with van der Waals surface area (Å²) in [5.74, 6) is -0.281. The molecule has 1 aliphatic rings. The molecule has 2 N–H and O–H groups in total. The molecule has 0 aliphatic carbocycles. The van der Waals surface area contributed by atoms with Crippen LogP contribution in [0.2, 0.25) is 0 Å². The molecule has 6 nitrogen and oxygen atoms in total. The SMILES string of the molecule is CC1CNc2c(cccc2[N+](=O)[O-])C(=O)N1. The lowest BCUT2D eigenvalue weighted by molar-refractivity contribution is -0.384. The minimum absolute atomic E-state index is 0.0560. The van der Waals surface area contributed by atoms with Crippen LogP contribution in [0, 0.1) is 10.1 Å². The third-order valence-electron chi connectivity index (χ3n) is 2.45. The fourth-order valence-electron chi connectivity index (χ4n) is 1.68. The van der Waals surface area contributed by atoms with Crippen LogP contribution < -0.4 is 10.6 Å². The molecule has 0 saturated carbocycles. The average molecular weight is 221 g/mol. The number of hydrogen-bond donors (Lipinski definition) is 2. The van der Waals surface area contributed by atoms with Crippen molar-refractivity contribution >= 4 is 17.3 Å². The highest BCUT2D eigenvalue weighted by Gasteiger charge is 2.25. The van der Waals surface area contributed by atoms with E-state index in [0.717, 1.165) is 0 Å². The molecule has 0 bridgehead atoms. The quantitative estimate of drug-likeness (QED) is 0.550. The highest BCUT2D eigenvalue weighted by Crippen LogP contribution is 2.29. The number of carbonyl (C=O) groups is 1. The summed E-state index contributed by atoms with van der Waals surface area (Å²) >= 11 is 0. The second kappa shape index (κ2) is 3.80. The van der Waals surface area contributed by atoms with Crippen LogP contribution in [-0.4, -0.2) is 23.4 Å². The second-order valence-electron chi connectivity index (χ2n) is 3.71. The van der Waals surface area contributed by atoms with Gasteiger partial charge in [0.2, 0.25) is 0 Å². The highest BCUT2D eigenvalue weighted by molar-refractivity contribution is 6.02. The number of fused-ring (bicyclic) bond motifs is 1. The standard InChI is InChI=1S/C10H11N3O3/c1-6-5-11-9-7(10(14)12-6)3-2-4-8(9)13(15)16/h2-4,6,11H,5H2,1H3,(H,12,14). The van der Waals surface area contributed by atoms with Crippen LogP contribution in [0.4, 0.5) is 11.4 Å². The smallest absolute Gasteiger partial charge is 0.293 e. The van der Waals surface area contributed by atoms with Crippen LogP contribution in [0.15, 0.2) is 18.2 Å². The van der Waals surface area contributed by atoms with Gasteiger partial charge in [-0.2, -0.15) is 0 Å². The Kier molecular flexibility index (Phi) is 2.47. The third kappa shape index (κ3) is 1.69. The van der Waals surface area contributed by atoms with Crippen molar-refractivity contribution in [3.05, 3.63) is 33.9 Å². The number of para-hydroxylation sites is 1. The lowest BCUT2D eigenvalue weighted by Crippen LogP contribution is -2.34. The predicted octanol–water partition coefficient (Wildman–Crippen LogP) is 1.14. The molecular weight excluding hydrogens is 210 g/mol.